The van der Waals surface area contributed by atoms with Gasteiger partial charge in [0, 0.05) is 22.7 Å². The van der Waals surface area contributed by atoms with Crippen LogP contribution >= 0.6 is 11.6 Å². The monoisotopic (exact) mass is 503 g/mol. The molecular formula is C27H26ClN5O3. The van der Waals surface area contributed by atoms with Crippen molar-refractivity contribution in [1.82, 2.24) is 5.32 Å². The summed E-state index contributed by atoms with van der Waals surface area (Å²) in [6.07, 6.45) is 1.59. The lowest BCUT2D eigenvalue weighted by Crippen LogP contribution is -2.45. The van der Waals surface area contributed by atoms with E-state index in [2.05, 4.69) is 15.3 Å². The molecule has 36 heavy (non-hydrogen) atoms. The number of nitrogens with zero attached hydrogens (tertiary/aromatic N) is 4. The van der Waals surface area contributed by atoms with Gasteiger partial charge in [-0.2, -0.15) is 0 Å². The Morgan fingerprint density at radius 3 is 2.31 bits per heavy atom. The Balaban J connectivity index is 2.33. The van der Waals surface area contributed by atoms with E-state index in [1.165, 1.54) is 11.8 Å². The quantitative estimate of drug-likeness (QED) is 0.108. The predicted octanol–water partition coefficient (Wildman–Crippen LogP) is 6.79. The van der Waals surface area contributed by atoms with Crippen LogP contribution in [-0.4, -0.2) is 24.1 Å². The Morgan fingerprint density at radius 1 is 1.00 bits per heavy atom. The largest absolute Gasteiger partial charge is 0.354 e. The van der Waals surface area contributed by atoms with Gasteiger partial charge in [0.25, 0.3) is 5.91 Å². The number of unbranched alkanes of at least 4 members (excludes halogenated alkanes) is 1. The van der Waals surface area contributed by atoms with Gasteiger partial charge in [-0.15, -0.1) is 0 Å². The van der Waals surface area contributed by atoms with Crippen molar-refractivity contribution < 1.29 is 14.4 Å². The first-order valence-corrected chi connectivity index (χ1v) is 11.9. The summed E-state index contributed by atoms with van der Waals surface area (Å²) in [6.45, 7) is 3.77. The molecule has 2 amide bonds. The molecule has 0 heterocycles. The summed E-state index contributed by atoms with van der Waals surface area (Å²) in [5.41, 5.74) is 10.3. The second-order valence-electron chi connectivity index (χ2n) is 8.02. The zero-order valence-electron chi connectivity index (χ0n) is 20.0. The van der Waals surface area contributed by atoms with Crippen LogP contribution < -0.4 is 10.2 Å². The Morgan fingerprint density at radius 2 is 1.64 bits per heavy atom. The second-order valence-corrected chi connectivity index (χ2v) is 8.43. The standard InChI is InChI=1S/C27H26ClN5O3/c1-3-4-17-30-26(35)25(21-13-6-9-15-23(21)31-32-29)33(24-16-10-7-11-19(24)18(2)34)27(36)20-12-5-8-14-22(20)28/h5-16,25H,3-4,17H2,1-2H3,(H,30,35). The molecule has 0 spiro atoms. The van der Waals surface area contributed by atoms with Crippen LogP contribution in [-0.2, 0) is 4.79 Å². The third-order valence-electron chi connectivity index (χ3n) is 5.59. The number of anilines is 1. The number of rotatable bonds is 10. The minimum absolute atomic E-state index is 0.158. The average molecular weight is 504 g/mol. The number of hydrogen-bond acceptors (Lipinski definition) is 4. The predicted molar refractivity (Wildman–Crippen MR) is 141 cm³/mol. The number of nitrogens with one attached hydrogen (secondary N) is 1. The SMILES string of the molecule is CCCCNC(=O)C(c1ccccc1N=[N+]=[N-])N(C(=O)c1ccccc1Cl)c1ccccc1C(C)=O. The van der Waals surface area contributed by atoms with Gasteiger partial charge < -0.3 is 5.32 Å². The molecule has 0 aliphatic carbocycles. The van der Waals surface area contributed by atoms with Crippen molar-refractivity contribution in [1.29, 1.82) is 0 Å². The van der Waals surface area contributed by atoms with Crippen LogP contribution in [0.15, 0.2) is 77.9 Å². The van der Waals surface area contributed by atoms with Crippen molar-refractivity contribution in [3.8, 4) is 0 Å². The molecule has 9 heteroatoms. The van der Waals surface area contributed by atoms with E-state index in [1.807, 2.05) is 6.92 Å². The van der Waals surface area contributed by atoms with Crippen LogP contribution in [0.25, 0.3) is 10.4 Å². The van der Waals surface area contributed by atoms with Gasteiger partial charge in [-0.25, -0.2) is 0 Å². The molecule has 184 valence electrons. The first-order valence-electron chi connectivity index (χ1n) is 11.5. The molecule has 0 aliphatic heterocycles. The van der Waals surface area contributed by atoms with Crippen LogP contribution in [0.1, 0.15) is 59.0 Å². The number of amides is 2. The highest BCUT2D eigenvalue weighted by Gasteiger charge is 2.36. The van der Waals surface area contributed by atoms with Gasteiger partial charge in [0.1, 0.15) is 6.04 Å². The summed E-state index contributed by atoms with van der Waals surface area (Å²) in [5, 5.41) is 6.84. The molecule has 0 bridgehead atoms. The maximum atomic E-state index is 14.1. The fraction of sp³-hybridized carbons (Fsp3) is 0.222. The third-order valence-corrected chi connectivity index (χ3v) is 5.92. The fourth-order valence-corrected chi connectivity index (χ4v) is 4.07. The van der Waals surface area contributed by atoms with Crippen molar-refractivity contribution in [3.63, 3.8) is 0 Å². The van der Waals surface area contributed by atoms with Crippen molar-refractivity contribution in [2.24, 2.45) is 5.11 Å². The van der Waals surface area contributed by atoms with E-state index < -0.39 is 17.9 Å². The Labute approximate surface area is 214 Å². The first kappa shape index (κ1) is 26.5. The smallest absolute Gasteiger partial charge is 0.260 e. The normalized spacial score (nSPS) is 11.2. The van der Waals surface area contributed by atoms with Crippen LogP contribution in [0.2, 0.25) is 5.02 Å². The van der Waals surface area contributed by atoms with Crippen molar-refractivity contribution >= 4 is 40.6 Å². The number of carbonyl (C=O) groups excluding carboxylic acids is 3. The lowest BCUT2D eigenvalue weighted by atomic mass is 9.98. The molecular weight excluding hydrogens is 478 g/mol. The molecule has 0 saturated heterocycles. The zero-order chi connectivity index (χ0) is 26.1. The minimum Gasteiger partial charge on any atom is -0.354 e. The van der Waals surface area contributed by atoms with Crippen LogP contribution in [0.3, 0.4) is 0 Å². The molecule has 0 aromatic heterocycles. The molecule has 3 rings (SSSR count). The van der Waals surface area contributed by atoms with E-state index in [0.717, 1.165) is 12.8 Å². The lowest BCUT2D eigenvalue weighted by molar-refractivity contribution is -0.122. The number of hydrogen-bond donors (Lipinski definition) is 1. The number of ketones is 1. The number of azide groups is 1. The highest BCUT2D eigenvalue weighted by atomic mass is 35.5. The molecule has 0 radical (unpaired) electrons. The Hall–Kier alpha value is -4.13. The Bertz CT molecular complexity index is 1320. The summed E-state index contributed by atoms with van der Waals surface area (Å²) in [7, 11) is 0. The highest BCUT2D eigenvalue weighted by Crippen LogP contribution is 2.37. The summed E-state index contributed by atoms with van der Waals surface area (Å²) in [5.74, 6) is -1.35. The van der Waals surface area contributed by atoms with E-state index >= 15 is 0 Å². The maximum Gasteiger partial charge on any atom is 0.260 e. The van der Waals surface area contributed by atoms with Gasteiger partial charge in [0.15, 0.2) is 5.78 Å². The molecule has 1 atom stereocenters. The lowest BCUT2D eigenvalue weighted by Gasteiger charge is -2.33. The number of para-hydroxylation sites is 1. The summed E-state index contributed by atoms with van der Waals surface area (Å²) < 4.78 is 0. The van der Waals surface area contributed by atoms with Crippen molar-refractivity contribution in [3.05, 3.63) is 105 Å². The van der Waals surface area contributed by atoms with E-state index in [-0.39, 0.29) is 33.3 Å². The summed E-state index contributed by atoms with van der Waals surface area (Å²) in [4.78, 5) is 44.6. The molecule has 0 saturated carbocycles. The fourth-order valence-electron chi connectivity index (χ4n) is 3.85. The summed E-state index contributed by atoms with van der Waals surface area (Å²) in [6, 6.07) is 18.3. The summed E-state index contributed by atoms with van der Waals surface area (Å²) >= 11 is 6.39. The molecule has 8 nitrogen and oxygen atoms in total. The molecule has 3 aromatic rings. The molecule has 0 aliphatic rings. The number of benzene rings is 3. The van der Waals surface area contributed by atoms with Crippen molar-refractivity contribution in [2.45, 2.75) is 32.7 Å². The second kappa shape index (κ2) is 12.5. The van der Waals surface area contributed by atoms with E-state index in [1.54, 1.807) is 72.8 Å². The van der Waals surface area contributed by atoms with Gasteiger partial charge in [-0.05, 0) is 48.7 Å². The highest BCUT2D eigenvalue weighted by molar-refractivity contribution is 6.34. The van der Waals surface area contributed by atoms with E-state index in [9.17, 15) is 14.4 Å². The van der Waals surface area contributed by atoms with Gasteiger partial charge in [-0.3, -0.25) is 19.3 Å². The first-order chi connectivity index (χ1) is 17.4. The van der Waals surface area contributed by atoms with Gasteiger partial charge >= 0.3 is 0 Å². The van der Waals surface area contributed by atoms with Gasteiger partial charge in [-0.1, -0.05) is 78.6 Å². The Kier molecular flexibility index (Phi) is 9.22. The minimum atomic E-state index is -1.26. The van der Waals surface area contributed by atoms with Crippen LogP contribution in [0, 0.1) is 0 Å². The molecule has 1 unspecified atom stereocenters. The van der Waals surface area contributed by atoms with Crippen LogP contribution in [0.5, 0.6) is 0 Å². The molecule has 1 N–H and O–H groups in total. The van der Waals surface area contributed by atoms with Gasteiger partial charge in [0.05, 0.1) is 16.3 Å². The van der Waals surface area contributed by atoms with Crippen molar-refractivity contribution in [2.75, 3.05) is 11.4 Å². The van der Waals surface area contributed by atoms with Gasteiger partial charge in [0.2, 0.25) is 5.91 Å². The third kappa shape index (κ3) is 5.92. The maximum absolute atomic E-state index is 14.1. The topological polar surface area (TPSA) is 115 Å². The number of Topliss-reactive ketones (excluding diaryl/α,β-unsaturated/α-hetero) is 1. The molecule has 0 fully saturated rings. The molecule has 3 aromatic carbocycles. The average Bonchev–Trinajstić information content (AvgIpc) is 2.88. The van der Waals surface area contributed by atoms with E-state index in [0.29, 0.717) is 12.1 Å². The number of halogens is 1. The number of carbonyl (C=O) groups is 3. The zero-order valence-corrected chi connectivity index (χ0v) is 20.8. The van der Waals surface area contributed by atoms with Crippen LogP contribution in [0.4, 0.5) is 11.4 Å². The van der Waals surface area contributed by atoms with E-state index in [4.69, 9.17) is 17.1 Å².